The van der Waals surface area contributed by atoms with Crippen LogP contribution in [0.25, 0.3) is 0 Å². The highest BCUT2D eigenvalue weighted by molar-refractivity contribution is 5.98. The van der Waals surface area contributed by atoms with Crippen molar-refractivity contribution in [3.63, 3.8) is 0 Å². The van der Waals surface area contributed by atoms with Crippen LogP contribution in [0.3, 0.4) is 0 Å². The summed E-state index contributed by atoms with van der Waals surface area (Å²) in [5.41, 5.74) is 2.96. The van der Waals surface area contributed by atoms with Gasteiger partial charge in [-0.25, -0.2) is 9.59 Å². The van der Waals surface area contributed by atoms with E-state index in [0.717, 1.165) is 5.56 Å². The van der Waals surface area contributed by atoms with Crippen LogP contribution >= 0.6 is 0 Å². The molecule has 0 bridgehead atoms. The molecule has 23 heavy (non-hydrogen) atoms. The Kier molecular flexibility index (Phi) is 5.57. The van der Waals surface area contributed by atoms with Gasteiger partial charge in [0.15, 0.2) is 0 Å². The Labute approximate surface area is 135 Å². The maximum Gasteiger partial charge on any atom is 0.355 e. The summed E-state index contributed by atoms with van der Waals surface area (Å²) in [6.07, 6.45) is 0.452. The van der Waals surface area contributed by atoms with Crippen LogP contribution in [0.1, 0.15) is 51.5 Å². The van der Waals surface area contributed by atoms with Crippen LogP contribution in [0, 0.1) is 6.92 Å². The van der Waals surface area contributed by atoms with Gasteiger partial charge in [-0.3, -0.25) is 0 Å². The third-order valence-corrected chi connectivity index (χ3v) is 3.47. The van der Waals surface area contributed by atoms with E-state index < -0.39 is 11.9 Å². The van der Waals surface area contributed by atoms with Crippen molar-refractivity contribution >= 4 is 11.9 Å². The van der Waals surface area contributed by atoms with E-state index in [1.165, 1.54) is 0 Å². The van der Waals surface area contributed by atoms with Crippen molar-refractivity contribution in [2.24, 2.45) is 0 Å². The largest absolute Gasteiger partial charge is 0.462 e. The molecule has 1 N–H and O–H groups in total. The third-order valence-electron chi connectivity index (χ3n) is 3.47. The first-order chi connectivity index (χ1) is 11.1. The maximum absolute atomic E-state index is 12.3. The lowest BCUT2D eigenvalue weighted by Crippen LogP contribution is -2.11. The van der Waals surface area contributed by atoms with Crippen molar-refractivity contribution < 1.29 is 19.1 Å². The average Bonchev–Trinajstić information content (AvgIpc) is 2.85. The standard InChI is InChI=1S/C18H21NO4/c1-4-22-17(20)15-12(3)19-16(18(21)23-5-2)14(15)11-13-9-7-6-8-10-13/h6-10,19H,4-5,11H2,1-3H3. The Morgan fingerprint density at radius 1 is 1.00 bits per heavy atom. The van der Waals surface area contributed by atoms with Gasteiger partial charge in [0.05, 0.1) is 18.8 Å². The second kappa shape index (κ2) is 7.63. The summed E-state index contributed by atoms with van der Waals surface area (Å²) in [6, 6.07) is 9.66. The van der Waals surface area contributed by atoms with Crippen LogP contribution in [0.15, 0.2) is 30.3 Å². The maximum atomic E-state index is 12.3. The molecule has 5 heteroatoms. The van der Waals surface area contributed by atoms with Crippen LogP contribution in [0.4, 0.5) is 0 Å². The minimum absolute atomic E-state index is 0.274. The smallest absolute Gasteiger partial charge is 0.355 e. The van der Waals surface area contributed by atoms with Crippen LogP contribution in [-0.4, -0.2) is 30.1 Å². The van der Waals surface area contributed by atoms with E-state index in [0.29, 0.717) is 28.9 Å². The minimum Gasteiger partial charge on any atom is -0.462 e. The van der Waals surface area contributed by atoms with Crippen molar-refractivity contribution in [2.75, 3.05) is 13.2 Å². The Balaban J connectivity index is 2.49. The zero-order chi connectivity index (χ0) is 16.8. The summed E-state index contributed by atoms with van der Waals surface area (Å²) in [4.78, 5) is 27.5. The molecule has 2 aromatic rings. The second-order valence-corrected chi connectivity index (χ2v) is 5.08. The monoisotopic (exact) mass is 315 g/mol. The molecule has 0 saturated heterocycles. The minimum atomic E-state index is -0.461. The molecule has 0 aliphatic heterocycles. The number of hydrogen-bond acceptors (Lipinski definition) is 4. The van der Waals surface area contributed by atoms with Crippen LogP contribution in [0.2, 0.25) is 0 Å². The third kappa shape index (κ3) is 3.80. The van der Waals surface area contributed by atoms with Crippen molar-refractivity contribution in [3.05, 3.63) is 58.4 Å². The highest BCUT2D eigenvalue weighted by Gasteiger charge is 2.26. The average molecular weight is 315 g/mol. The summed E-state index contributed by atoms with van der Waals surface area (Å²) >= 11 is 0. The van der Waals surface area contributed by atoms with Gasteiger partial charge in [0.2, 0.25) is 0 Å². The molecule has 1 aromatic heterocycles. The number of aromatic nitrogens is 1. The number of H-pyrrole nitrogens is 1. The Morgan fingerprint density at radius 2 is 1.61 bits per heavy atom. The molecule has 5 nitrogen and oxygen atoms in total. The summed E-state index contributed by atoms with van der Waals surface area (Å²) in [6.45, 7) is 5.81. The molecular formula is C18H21NO4. The lowest BCUT2D eigenvalue weighted by Gasteiger charge is -2.08. The fraction of sp³-hybridized carbons (Fsp3) is 0.333. The number of hydrogen-bond donors (Lipinski definition) is 1. The van der Waals surface area contributed by atoms with E-state index in [1.54, 1.807) is 20.8 Å². The number of ether oxygens (including phenoxy) is 2. The second-order valence-electron chi connectivity index (χ2n) is 5.08. The molecule has 0 radical (unpaired) electrons. The summed E-state index contributed by atoms with van der Waals surface area (Å²) < 4.78 is 10.2. The van der Waals surface area contributed by atoms with Gasteiger partial charge in [0.25, 0.3) is 0 Å². The fourth-order valence-electron chi connectivity index (χ4n) is 2.51. The van der Waals surface area contributed by atoms with E-state index in [9.17, 15) is 9.59 Å². The molecule has 0 unspecified atom stereocenters. The SMILES string of the molecule is CCOC(=O)c1[nH]c(C)c(C(=O)OCC)c1Cc1ccccc1. The van der Waals surface area contributed by atoms with E-state index in [-0.39, 0.29) is 13.2 Å². The summed E-state index contributed by atoms with van der Waals surface area (Å²) in [5, 5.41) is 0. The Hall–Kier alpha value is -2.56. The predicted molar refractivity (Wildman–Crippen MR) is 86.7 cm³/mol. The van der Waals surface area contributed by atoms with Gasteiger partial charge in [-0.15, -0.1) is 0 Å². The molecule has 0 amide bonds. The fourth-order valence-corrected chi connectivity index (χ4v) is 2.51. The molecule has 0 aliphatic carbocycles. The lowest BCUT2D eigenvalue weighted by molar-refractivity contribution is 0.0518. The van der Waals surface area contributed by atoms with Crippen molar-refractivity contribution in [2.45, 2.75) is 27.2 Å². The highest BCUT2D eigenvalue weighted by atomic mass is 16.5. The quantitative estimate of drug-likeness (QED) is 0.831. The normalized spacial score (nSPS) is 10.4. The molecule has 122 valence electrons. The molecule has 1 heterocycles. The first kappa shape index (κ1) is 16.8. The molecule has 2 rings (SSSR count). The lowest BCUT2D eigenvalue weighted by atomic mass is 10.00. The predicted octanol–water partition coefficient (Wildman–Crippen LogP) is 3.27. The van der Waals surface area contributed by atoms with Gasteiger partial charge in [-0.2, -0.15) is 0 Å². The number of nitrogens with one attached hydrogen (secondary N) is 1. The number of benzene rings is 1. The van der Waals surface area contributed by atoms with Gasteiger partial charge in [-0.1, -0.05) is 30.3 Å². The summed E-state index contributed by atoms with van der Waals surface area (Å²) in [5.74, 6) is -0.889. The van der Waals surface area contributed by atoms with Crippen molar-refractivity contribution in [3.8, 4) is 0 Å². The number of carbonyl (C=O) groups is 2. The van der Waals surface area contributed by atoms with Gasteiger partial charge >= 0.3 is 11.9 Å². The molecule has 0 saturated carbocycles. The van der Waals surface area contributed by atoms with Gasteiger partial charge in [0, 0.05) is 17.7 Å². The van der Waals surface area contributed by atoms with E-state index in [4.69, 9.17) is 9.47 Å². The first-order valence-corrected chi connectivity index (χ1v) is 7.68. The Bertz CT molecular complexity index is 689. The van der Waals surface area contributed by atoms with Gasteiger partial charge in [0.1, 0.15) is 5.69 Å². The topological polar surface area (TPSA) is 68.4 Å². The number of aromatic amines is 1. The molecule has 0 aliphatic rings. The molecule has 0 fully saturated rings. The zero-order valence-electron chi connectivity index (χ0n) is 13.6. The number of carbonyl (C=O) groups excluding carboxylic acids is 2. The molecule has 1 aromatic carbocycles. The van der Waals surface area contributed by atoms with Gasteiger partial charge in [-0.05, 0) is 26.3 Å². The molecule has 0 spiro atoms. The van der Waals surface area contributed by atoms with Crippen LogP contribution < -0.4 is 0 Å². The molecule has 0 atom stereocenters. The number of aryl methyl sites for hydroxylation is 1. The van der Waals surface area contributed by atoms with Crippen LogP contribution in [0.5, 0.6) is 0 Å². The molecular weight excluding hydrogens is 294 g/mol. The summed E-state index contributed by atoms with van der Waals surface area (Å²) in [7, 11) is 0. The van der Waals surface area contributed by atoms with Gasteiger partial charge < -0.3 is 14.5 Å². The van der Waals surface area contributed by atoms with Crippen LogP contribution in [-0.2, 0) is 15.9 Å². The number of esters is 2. The highest BCUT2D eigenvalue weighted by Crippen LogP contribution is 2.24. The first-order valence-electron chi connectivity index (χ1n) is 7.68. The van der Waals surface area contributed by atoms with Crippen molar-refractivity contribution in [1.29, 1.82) is 0 Å². The van der Waals surface area contributed by atoms with Crippen molar-refractivity contribution in [1.82, 2.24) is 4.98 Å². The number of rotatable bonds is 6. The van der Waals surface area contributed by atoms with E-state index in [1.807, 2.05) is 30.3 Å². The van der Waals surface area contributed by atoms with E-state index >= 15 is 0 Å². The Morgan fingerprint density at radius 3 is 2.22 bits per heavy atom. The zero-order valence-corrected chi connectivity index (χ0v) is 13.6. The van der Waals surface area contributed by atoms with E-state index in [2.05, 4.69) is 4.98 Å².